The van der Waals surface area contributed by atoms with Crippen LogP contribution in [0.1, 0.15) is 25.5 Å². The summed E-state index contributed by atoms with van der Waals surface area (Å²) in [5.41, 5.74) is 1.13. The van der Waals surface area contributed by atoms with E-state index in [0.29, 0.717) is 19.1 Å². The Hall–Kier alpha value is 0.160. The molecule has 0 heterocycles. The zero-order valence-electron chi connectivity index (χ0n) is 10.9. The number of hydrogen-bond acceptors (Lipinski definition) is 2. The molecule has 0 fully saturated rings. The molecule has 0 radical (unpaired) electrons. The zero-order chi connectivity index (χ0) is 13.4. The number of ether oxygens (including phenoxy) is 2. The van der Waals surface area contributed by atoms with E-state index in [0.717, 1.165) is 21.6 Å². The van der Waals surface area contributed by atoms with Crippen LogP contribution in [-0.2, 0) is 9.47 Å². The molecule has 18 heavy (non-hydrogen) atoms. The van der Waals surface area contributed by atoms with Gasteiger partial charge in [0.15, 0.2) is 0 Å². The Balaban J connectivity index is 2.34. The van der Waals surface area contributed by atoms with Crippen molar-refractivity contribution in [1.82, 2.24) is 0 Å². The molecule has 0 N–H and O–H groups in total. The molecular weight excluding hydrogens is 363 g/mol. The highest BCUT2D eigenvalue weighted by molar-refractivity contribution is 14.1. The van der Waals surface area contributed by atoms with E-state index in [2.05, 4.69) is 36.4 Å². The molecule has 0 saturated carbocycles. The van der Waals surface area contributed by atoms with Crippen LogP contribution in [0, 0.1) is 5.92 Å². The molecule has 102 valence electrons. The monoisotopic (exact) mass is 382 g/mol. The van der Waals surface area contributed by atoms with Gasteiger partial charge in [-0.1, -0.05) is 60.2 Å². The summed E-state index contributed by atoms with van der Waals surface area (Å²) in [6.45, 7) is 6.33. The molecule has 0 amide bonds. The third kappa shape index (κ3) is 6.36. The highest BCUT2D eigenvalue weighted by atomic mass is 127. The van der Waals surface area contributed by atoms with Crippen molar-refractivity contribution in [2.24, 2.45) is 5.92 Å². The molecule has 0 spiro atoms. The van der Waals surface area contributed by atoms with E-state index >= 15 is 0 Å². The average molecular weight is 383 g/mol. The summed E-state index contributed by atoms with van der Waals surface area (Å²) in [5.74, 6) is 0.568. The molecule has 0 saturated heterocycles. The molecule has 4 heteroatoms. The summed E-state index contributed by atoms with van der Waals surface area (Å²) in [4.78, 5) is 0. The lowest BCUT2D eigenvalue weighted by atomic mass is 10.1. The van der Waals surface area contributed by atoms with Crippen molar-refractivity contribution in [2.75, 3.05) is 24.2 Å². The minimum absolute atomic E-state index is 0.0898. The first-order chi connectivity index (χ1) is 8.63. The Bertz CT molecular complexity index is 344. The normalized spacial score (nSPS) is 12.9. The summed E-state index contributed by atoms with van der Waals surface area (Å²) < 4.78 is 12.2. The molecule has 0 bridgehead atoms. The molecule has 2 nitrogen and oxygen atoms in total. The van der Waals surface area contributed by atoms with Crippen LogP contribution >= 0.6 is 34.2 Å². The second-order valence-electron chi connectivity index (χ2n) is 4.54. The molecule has 1 unspecified atom stereocenters. The van der Waals surface area contributed by atoms with Crippen LogP contribution in [0.5, 0.6) is 0 Å². The van der Waals surface area contributed by atoms with E-state index in [1.165, 1.54) is 0 Å². The fourth-order valence-electron chi connectivity index (χ4n) is 1.51. The smallest absolute Gasteiger partial charge is 0.0915 e. The Kier molecular flexibility index (Phi) is 8.22. The molecule has 0 aliphatic carbocycles. The van der Waals surface area contributed by atoms with Gasteiger partial charge in [-0.2, -0.15) is 0 Å². The number of alkyl halides is 1. The van der Waals surface area contributed by atoms with Gasteiger partial charge in [0.25, 0.3) is 0 Å². The van der Waals surface area contributed by atoms with Crippen molar-refractivity contribution in [3.8, 4) is 0 Å². The fourth-order valence-corrected chi connectivity index (χ4v) is 2.47. The Morgan fingerprint density at radius 2 is 2.06 bits per heavy atom. The van der Waals surface area contributed by atoms with Crippen molar-refractivity contribution in [2.45, 2.75) is 20.0 Å². The summed E-state index contributed by atoms with van der Waals surface area (Å²) >= 11 is 8.31. The maximum atomic E-state index is 5.98. The van der Waals surface area contributed by atoms with Gasteiger partial charge in [-0.3, -0.25) is 0 Å². The zero-order valence-corrected chi connectivity index (χ0v) is 13.8. The van der Waals surface area contributed by atoms with E-state index in [9.17, 15) is 0 Å². The van der Waals surface area contributed by atoms with E-state index in [1.807, 2.05) is 24.3 Å². The van der Waals surface area contributed by atoms with Crippen LogP contribution in [0.2, 0.25) is 5.02 Å². The first-order valence-electron chi connectivity index (χ1n) is 6.14. The second kappa shape index (κ2) is 9.13. The van der Waals surface area contributed by atoms with E-state index < -0.39 is 0 Å². The Labute approximate surface area is 128 Å². The molecular formula is C14H20ClIO2. The molecule has 1 aromatic carbocycles. The van der Waals surface area contributed by atoms with Crippen LogP contribution in [-0.4, -0.2) is 24.2 Å². The average Bonchev–Trinajstić information content (AvgIpc) is 2.33. The van der Waals surface area contributed by atoms with Crippen LogP contribution in [0.15, 0.2) is 24.3 Å². The third-order valence-corrected chi connectivity index (χ3v) is 3.39. The van der Waals surface area contributed by atoms with Crippen LogP contribution in [0.25, 0.3) is 0 Å². The van der Waals surface area contributed by atoms with Gasteiger partial charge in [-0.25, -0.2) is 0 Å². The lowest BCUT2D eigenvalue weighted by molar-refractivity contribution is 0.00820. The van der Waals surface area contributed by atoms with Gasteiger partial charge in [0.05, 0.1) is 19.3 Å². The van der Waals surface area contributed by atoms with Crippen molar-refractivity contribution in [3.05, 3.63) is 34.9 Å². The summed E-state index contributed by atoms with van der Waals surface area (Å²) in [6, 6.07) is 7.83. The molecule has 1 rings (SSSR count). The van der Waals surface area contributed by atoms with Gasteiger partial charge in [-0.15, -0.1) is 0 Å². The topological polar surface area (TPSA) is 18.5 Å². The standard InChI is InChI=1S/C14H20ClIO2/c1-11(2)10-17-6-7-18-14(9-16)12-4-3-5-13(15)8-12/h3-5,8,11,14H,6-7,9-10H2,1-2H3. The predicted octanol–water partition coefficient (Wildman–Crippen LogP) is 4.51. The Morgan fingerprint density at radius 1 is 1.28 bits per heavy atom. The first-order valence-corrected chi connectivity index (χ1v) is 8.04. The quantitative estimate of drug-likeness (QED) is 0.374. The van der Waals surface area contributed by atoms with Gasteiger partial charge < -0.3 is 9.47 Å². The van der Waals surface area contributed by atoms with E-state index in [-0.39, 0.29) is 6.10 Å². The SMILES string of the molecule is CC(C)COCCOC(CI)c1cccc(Cl)c1. The third-order valence-electron chi connectivity index (χ3n) is 2.36. The van der Waals surface area contributed by atoms with Crippen LogP contribution in [0.3, 0.4) is 0 Å². The van der Waals surface area contributed by atoms with Gasteiger partial charge in [0, 0.05) is 16.1 Å². The van der Waals surface area contributed by atoms with Gasteiger partial charge in [0.1, 0.15) is 0 Å². The molecule has 1 aromatic rings. The van der Waals surface area contributed by atoms with E-state index in [1.54, 1.807) is 0 Å². The highest BCUT2D eigenvalue weighted by Crippen LogP contribution is 2.22. The largest absolute Gasteiger partial charge is 0.379 e. The first kappa shape index (κ1) is 16.2. The summed E-state index contributed by atoms with van der Waals surface area (Å²) in [7, 11) is 0. The summed E-state index contributed by atoms with van der Waals surface area (Å²) in [6.07, 6.45) is 0.0898. The number of rotatable bonds is 8. The number of halogens is 2. The molecule has 0 aliphatic heterocycles. The van der Waals surface area contributed by atoms with Crippen LogP contribution in [0.4, 0.5) is 0 Å². The van der Waals surface area contributed by atoms with Crippen molar-refractivity contribution >= 4 is 34.2 Å². The van der Waals surface area contributed by atoms with Gasteiger partial charge in [-0.05, 0) is 23.6 Å². The number of benzene rings is 1. The van der Waals surface area contributed by atoms with Crippen molar-refractivity contribution in [1.29, 1.82) is 0 Å². The summed E-state index contributed by atoms with van der Waals surface area (Å²) in [5, 5.41) is 0.752. The second-order valence-corrected chi connectivity index (χ2v) is 5.85. The highest BCUT2D eigenvalue weighted by Gasteiger charge is 2.10. The predicted molar refractivity (Wildman–Crippen MR) is 84.7 cm³/mol. The van der Waals surface area contributed by atoms with Crippen molar-refractivity contribution < 1.29 is 9.47 Å². The minimum Gasteiger partial charge on any atom is -0.379 e. The maximum absolute atomic E-state index is 5.98. The molecule has 0 aromatic heterocycles. The number of hydrogen-bond donors (Lipinski definition) is 0. The van der Waals surface area contributed by atoms with E-state index in [4.69, 9.17) is 21.1 Å². The van der Waals surface area contributed by atoms with Crippen molar-refractivity contribution in [3.63, 3.8) is 0 Å². The lowest BCUT2D eigenvalue weighted by Gasteiger charge is -2.16. The Morgan fingerprint density at radius 3 is 2.67 bits per heavy atom. The van der Waals surface area contributed by atoms with Gasteiger partial charge in [0.2, 0.25) is 0 Å². The molecule has 0 aliphatic rings. The van der Waals surface area contributed by atoms with Crippen LogP contribution < -0.4 is 0 Å². The van der Waals surface area contributed by atoms with Gasteiger partial charge >= 0.3 is 0 Å². The minimum atomic E-state index is 0.0898. The molecule has 1 atom stereocenters. The fraction of sp³-hybridized carbons (Fsp3) is 0.571. The lowest BCUT2D eigenvalue weighted by Crippen LogP contribution is -2.12. The maximum Gasteiger partial charge on any atom is 0.0915 e.